The Balaban J connectivity index is 2.00. The van der Waals surface area contributed by atoms with E-state index in [2.05, 4.69) is 4.98 Å². The number of hydrogen-bond acceptors (Lipinski definition) is 4. The lowest BCUT2D eigenvalue weighted by molar-refractivity contribution is 0.102. The summed E-state index contributed by atoms with van der Waals surface area (Å²) in [4.78, 5) is 16.0. The van der Waals surface area contributed by atoms with Gasteiger partial charge in [0.1, 0.15) is 5.03 Å². The average Bonchev–Trinajstić information content (AvgIpc) is 2.38. The van der Waals surface area contributed by atoms with Crippen molar-refractivity contribution in [2.45, 2.75) is 5.03 Å². The Morgan fingerprint density at radius 3 is 2.65 bits per heavy atom. The van der Waals surface area contributed by atoms with Crippen LogP contribution in [0.15, 0.2) is 53.7 Å². The van der Waals surface area contributed by atoms with Crippen molar-refractivity contribution in [3.05, 3.63) is 54.2 Å². The van der Waals surface area contributed by atoms with E-state index in [-0.39, 0.29) is 5.78 Å². The lowest BCUT2D eigenvalue weighted by Crippen LogP contribution is -2.02. The Labute approximate surface area is 104 Å². The summed E-state index contributed by atoms with van der Waals surface area (Å²) >= 11 is 1.36. The number of anilines is 1. The first-order chi connectivity index (χ1) is 8.27. The number of thioether (sulfide) groups is 1. The molecule has 3 nitrogen and oxygen atoms in total. The van der Waals surface area contributed by atoms with E-state index in [4.69, 9.17) is 5.73 Å². The van der Waals surface area contributed by atoms with E-state index in [0.717, 1.165) is 5.56 Å². The number of rotatable bonds is 4. The SMILES string of the molecule is Nc1cccnc1SCC(=O)c1ccccc1. The van der Waals surface area contributed by atoms with Crippen molar-refractivity contribution in [1.29, 1.82) is 0 Å². The molecule has 2 aromatic rings. The van der Waals surface area contributed by atoms with Crippen LogP contribution in [0.25, 0.3) is 0 Å². The minimum absolute atomic E-state index is 0.0839. The van der Waals surface area contributed by atoms with Crippen LogP contribution in [0.2, 0.25) is 0 Å². The van der Waals surface area contributed by atoms with Crippen LogP contribution < -0.4 is 5.73 Å². The van der Waals surface area contributed by atoms with Gasteiger partial charge in [0.15, 0.2) is 5.78 Å². The molecule has 0 bridgehead atoms. The second-order valence-electron chi connectivity index (χ2n) is 3.48. The fourth-order valence-electron chi connectivity index (χ4n) is 1.37. The number of nitrogen functional groups attached to an aromatic ring is 1. The van der Waals surface area contributed by atoms with E-state index < -0.39 is 0 Å². The highest BCUT2D eigenvalue weighted by Crippen LogP contribution is 2.22. The van der Waals surface area contributed by atoms with E-state index in [1.54, 1.807) is 18.3 Å². The molecule has 86 valence electrons. The summed E-state index contributed by atoms with van der Waals surface area (Å²) in [6, 6.07) is 12.8. The summed E-state index contributed by atoms with van der Waals surface area (Å²) in [7, 11) is 0. The number of ketones is 1. The van der Waals surface area contributed by atoms with E-state index in [1.165, 1.54) is 11.8 Å². The number of Topliss-reactive ketones (excluding diaryl/α,β-unsaturated/α-hetero) is 1. The van der Waals surface area contributed by atoms with E-state index in [9.17, 15) is 4.79 Å². The highest BCUT2D eigenvalue weighted by molar-refractivity contribution is 8.00. The summed E-state index contributed by atoms with van der Waals surface area (Å²) in [5, 5.41) is 0.705. The molecule has 1 aromatic heterocycles. The maximum absolute atomic E-state index is 11.8. The minimum atomic E-state index is 0.0839. The standard InChI is InChI=1S/C13H12N2OS/c14-11-7-4-8-15-13(11)17-9-12(16)10-5-2-1-3-6-10/h1-8H,9,14H2. The molecule has 17 heavy (non-hydrogen) atoms. The van der Waals surface area contributed by atoms with Crippen LogP contribution in [-0.2, 0) is 0 Å². The quantitative estimate of drug-likeness (QED) is 0.663. The monoisotopic (exact) mass is 244 g/mol. The lowest BCUT2D eigenvalue weighted by Gasteiger charge is -2.03. The maximum atomic E-state index is 11.8. The zero-order valence-electron chi connectivity index (χ0n) is 9.17. The van der Waals surface area contributed by atoms with Gasteiger partial charge in [-0.25, -0.2) is 4.98 Å². The maximum Gasteiger partial charge on any atom is 0.173 e. The summed E-state index contributed by atoms with van der Waals surface area (Å²) in [5.74, 6) is 0.436. The largest absolute Gasteiger partial charge is 0.397 e. The predicted molar refractivity (Wildman–Crippen MR) is 70.1 cm³/mol. The third-order valence-electron chi connectivity index (χ3n) is 2.24. The fourth-order valence-corrected chi connectivity index (χ4v) is 2.17. The van der Waals surface area contributed by atoms with Crippen molar-refractivity contribution in [2.24, 2.45) is 0 Å². The fraction of sp³-hybridized carbons (Fsp3) is 0.0769. The summed E-state index contributed by atoms with van der Waals surface area (Å²) in [6.45, 7) is 0. The number of benzene rings is 1. The molecule has 1 aromatic carbocycles. The van der Waals surface area contributed by atoms with E-state index in [1.807, 2.05) is 30.3 Å². The number of hydrogen-bond donors (Lipinski definition) is 1. The van der Waals surface area contributed by atoms with Gasteiger partial charge in [-0.1, -0.05) is 42.1 Å². The van der Waals surface area contributed by atoms with Gasteiger partial charge in [0, 0.05) is 11.8 Å². The average molecular weight is 244 g/mol. The molecule has 4 heteroatoms. The summed E-state index contributed by atoms with van der Waals surface area (Å²) in [6.07, 6.45) is 1.67. The van der Waals surface area contributed by atoms with Gasteiger partial charge in [-0.05, 0) is 12.1 Å². The minimum Gasteiger partial charge on any atom is -0.397 e. The van der Waals surface area contributed by atoms with Gasteiger partial charge in [0.05, 0.1) is 11.4 Å². The summed E-state index contributed by atoms with van der Waals surface area (Å²) in [5.41, 5.74) is 7.08. The van der Waals surface area contributed by atoms with Gasteiger partial charge in [-0.3, -0.25) is 4.79 Å². The van der Waals surface area contributed by atoms with Crippen molar-refractivity contribution in [2.75, 3.05) is 11.5 Å². The van der Waals surface area contributed by atoms with Crippen molar-refractivity contribution in [1.82, 2.24) is 4.98 Å². The topological polar surface area (TPSA) is 56.0 Å². The number of pyridine rings is 1. The molecule has 0 amide bonds. The van der Waals surface area contributed by atoms with Crippen molar-refractivity contribution >= 4 is 23.2 Å². The van der Waals surface area contributed by atoms with Crippen LogP contribution in [0, 0.1) is 0 Å². The molecule has 0 unspecified atom stereocenters. The number of aromatic nitrogens is 1. The van der Waals surface area contributed by atoms with Gasteiger partial charge < -0.3 is 5.73 Å². The van der Waals surface area contributed by atoms with Gasteiger partial charge in [-0.2, -0.15) is 0 Å². The molecule has 0 fully saturated rings. The first kappa shape index (κ1) is 11.7. The molecule has 0 radical (unpaired) electrons. The molecule has 2 rings (SSSR count). The second kappa shape index (κ2) is 5.50. The lowest BCUT2D eigenvalue weighted by atomic mass is 10.2. The van der Waals surface area contributed by atoms with Crippen molar-refractivity contribution in [3.8, 4) is 0 Å². The van der Waals surface area contributed by atoms with E-state index >= 15 is 0 Å². The number of carbonyl (C=O) groups is 1. The Bertz CT molecular complexity index is 514. The van der Waals surface area contributed by atoms with Crippen molar-refractivity contribution < 1.29 is 4.79 Å². The predicted octanol–water partition coefficient (Wildman–Crippen LogP) is 2.64. The Morgan fingerprint density at radius 1 is 1.18 bits per heavy atom. The molecule has 0 saturated carbocycles. The third-order valence-corrected chi connectivity index (χ3v) is 3.26. The molecule has 0 atom stereocenters. The van der Waals surface area contributed by atoms with Gasteiger partial charge >= 0.3 is 0 Å². The second-order valence-corrected chi connectivity index (χ2v) is 4.44. The number of nitrogens with zero attached hydrogens (tertiary/aromatic N) is 1. The molecule has 2 N–H and O–H groups in total. The summed E-state index contributed by atoms with van der Waals surface area (Å²) < 4.78 is 0. The molecule has 0 aliphatic carbocycles. The number of carbonyl (C=O) groups excluding carboxylic acids is 1. The Hall–Kier alpha value is -1.81. The molecule has 0 spiro atoms. The van der Waals surface area contributed by atoms with Crippen LogP contribution in [-0.4, -0.2) is 16.5 Å². The first-order valence-electron chi connectivity index (χ1n) is 5.19. The number of nitrogens with two attached hydrogens (primary N) is 1. The zero-order valence-corrected chi connectivity index (χ0v) is 9.98. The zero-order chi connectivity index (χ0) is 12.1. The van der Waals surface area contributed by atoms with Crippen LogP contribution in [0.4, 0.5) is 5.69 Å². The molecular weight excluding hydrogens is 232 g/mol. The highest BCUT2D eigenvalue weighted by Gasteiger charge is 2.07. The third kappa shape index (κ3) is 3.07. The van der Waals surface area contributed by atoms with Gasteiger partial charge in [0.2, 0.25) is 0 Å². The molecule has 0 aliphatic heterocycles. The van der Waals surface area contributed by atoms with Crippen LogP contribution >= 0.6 is 11.8 Å². The van der Waals surface area contributed by atoms with E-state index in [0.29, 0.717) is 16.5 Å². The van der Waals surface area contributed by atoms with Gasteiger partial charge in [0.25, 0.3) is 0 Å². The highest BCUT2D eigenvalue weighted by atomic mass is 32.2. The van der Waals surface area contributed by atoms with Crippen LogP contribution in [0.1, 0.15) is 10.4 Å². The van der Waals surface area contributed by atoms with Gasteiger partial charge in [-0.15, -0.1) is 0 Å². The van der Waals surface area contributed by atoms with Crippen LogP contribution in [0.3, 0.4) is 0 Å². The van der Waals surface area contributed by atoms with Crippen LogP contribution in [0.5, 0.6) is 0 Å². The molecular formula is C13H12N2OS. The Kier molecular flexibility index (Phi) is 3.77. The first-order valence-corrected chi connectivity index (χ1v) is 6.17. The normalized spacial score (nSPS) is 10.1. The Morgan fingerprint density at radius 2 is 1.94 bits per heavy atom. The molecule has 0 aliphatic rings. The van der Waals surface area contributed by atoms with Crippen molar-refractivity contribution in [3.63, 3.8) is 0 Å². The molecule has 0 saturated heterocycles. The molecule has 1 heterocycles. The smallest absolute Gasteiger partial charge is 0.173 e.